The van der Waals surface area contributed by atoms with E-state index in [1.165, 1.54) is 15.4 Å². The molecule has 1 aliphatic rings. The van der Waals surface area contributed by atoms with Crippen molar-refractivity contribution >= 4 is 33.6 Å². The number of carbonyl (C=O) groups excluding carboxylic acids is 1. The second-order valence-corrected chi connectivity index (χ2v) is 7.61. The van der Waals surface area contributed by atoms with Crippen molar-refractivity contribution in [1.82, 2.24) is 14.3 Å². The molecule has 1 aromatic carbocycles. The Hall–Kier alpha value is -3.48. The lowest BCUT2D eigenvalue weighted by Crippen LogP contribution is -2.41. The molecule has 1 amide bonds. The summed E-state index contributed by atoms with van der Waals surface area (Å²) in [7, 11) is 0. The van der Waals surface area contributed by atoms with Gasteiger partial charge in [0.25, 0.3) is 11.5 Å². The summed E-state index contributed by atoms with van der Waals surface area (Å²) in [5, 5.41) is 9.63. The number of pyridine rings is 1. The van der Waals surface area contributed by atoms with E-state index in [0.29, 0.717) is 37.7 Å². The van der Waals surface area contributed by atoms with Gasteiger partial charge < -0.3 is 14.4 Å². The van der Waals surface area contributed by atoms with Gasteiger partial charge in [0, 0.05) is 23.8 Å². The molecule has 0 N–H and O–H groups in total. The summed E-state index contributed by atoms with van der Waals surface area (Å²) < 4.78 is 13.4. The van der Waals surface area contributed by atoms with Crippen molar-refractivity contribution in [3.05, 3.63) is 74.6 Å². The highest BCUT2D eigenvalue weighted by Gasteiger charge is 2.23. The number of hydrogen-bond acceptors (Lipinski definition) is 6. The monoisotopic (exact) mass is 480 g/mol. The topological polar surface area (TPSA) is 96.9 Å². The van der Waals surface area contributed by atoms with E-state index in [1.807, 2.05) is 6.07 Å². The van der Waals surface area contributed by atoms with E-state index in [-0.39, 0.29) is 17.0 Å². The Morgan fingerprint density at radius 3 is 2.65 bits per heavy atom. The molecule has 3 heterocycles. The summed E-state index contributed by atoms with van der Waals surface area (Å²) in [5.41, 5.74) is -0.211. The van der Waals surface area contributed by atoms with Crippen molar-refractivity contribution in [3.8, 4) is 17.7 Å². The Balaban J connectivity index is 1.82. The van der Waals surface area contributed by atoms with Gasteiger partial charge in [-0.05, 0) is 42.5 Å². The highest BCUT2D eigenvalue weighted by atomic mass is 79.9. The molecule has 1 aliphatic heterocycles. The van der Waals surface area contributed by atoms with E-state index >= 15 is 0 Å². The van der Waals surface area contributed by atoms with Crippen LogP contribution in [0.25, 0.3) is 11.7 Å². The molecule has 0 aliphatic carbocycles. The van der Waals surface area contributed by atoms with Crippen LogP contribution in [0.5, 0.6) is 11.6 Å². The average molecular weight is 481 g/mol. The lowest BCUT2D eigenvalue weighted by molar-refractivity contribution is -0.130. The van der Waals surface area contributed by atoms with Gasteiger partial charge in [0.2, 0.25) is 5.88 Å². The molecule has 8 nitrogen and oxygen atoms in total. The van der Waals surface area contributed by atoms with Gasteiger partial charge in [-0.2, -0.15) is 10.2 Å². The van der Waals surface area contributed by atoms with Crippen LogP contribution >= 0.6 is 15.9 Å². The fourth-order valence-corrected chi connectivity index (χ4v) is 3.39. The van der Waals surface area contributed by atoms with Crippen LogP contribution in [0.2, 0.25) is 0 Å². The Bertz CT molecular complexity index is 1260. The maximum Gasteiger partial charge on any atom is 0.269 e. The summed E-state index contributed by atoms with van der Waals surface area (Å²) >= 11 is 3.36. The SMILES string of the molecule is N#C/C(=C\c1c(Oc2ccc(Br)cc2)nc2ccccn2c1=O)C(=O)N1CCOCC1. The van der Waals surface area contributed by atoms with Crippen molar-refractivity contribution in [2.75, 3.05) is 26.3 Å². The third-order valence-electron chi connectivity index (χ3n) is 4.70. The maximum absolute atomic E-state index is 13.2. The number of carbonyl (C=O) groups is 1. The molecule has 2 aromatic heterocycles. The summed E-state index contributed by atoms with van der Waals surface area (Å²) in [4.78, 5) is 32.0. The Morgan fingerprint density at radius 1 is 1.19 bits per heavy atom. The predicted molar refractivity (Wildman–Crippen MR) is 117 cm³/mol. The normalized spacial score (nSPS) is 14.3. The van der Waals surface area contributed by atoms with Crippen LogP contribution in [0.4, 0.5) is 0 Å². The molecular weight excluding hydrogens is 464 g/mol. The second kappa shape index (κ2) is 9.12. The van der Waals surface area contributed by atoms with E-state index in [2.05, 4.69) is 20.9 Å². The smallest absolute Gasteiger partial charge is 0.269 e. The van der Waals surface area contributed by atoms with Crippen LogP contribution in [0.15, 0.2) is 63.5 Å². The number of fused-ring (bicyclic) bond motifs is 1. The van der Waals surface area contributed by atoms with E-state index < -0.39 is 11.5 Å². The lowest BCUT2D eigenvalue weighted by Gasteiger charge is -2.26. The molecule has 4 rings (SSSR count). The van der Waals surface area contributed by atoms with E-state index in [0.717, 1.165) is 4.47 Å². The number of rotatable bonds is 4. The number of halogens is 1. The van der Waals surface area contributed by atoms with Crippen LogP contribution in [0.1, 0.15) is 5.56 Å². The Kier molecular flexibility index (Phi) is 6.11. The first kappa shape index (κ1) is 20.8. The number of morpholine rings is 1. The molecule has 1 saturated heterocycles. The quantitative estimate of drug-likeness (QED) is 0.420. The van der Waals surface area contributed by atoms with E-state index in [4.69, 9.17) is 9.47 Å². The van der Waals surface area contributed by atoms with Gasteiger partial charge in [0.05, 0.1) is 13.2 Å². The van der Waals surface area contributed by atoms with Crippen molar-refractivity contribution < 1.29 is 14.3 Å². The molecule has 0 spiro atoms. The molecule has 3 aromatic rings. The third-order valence-corrected chi connectivity index (χ3v) is 5.23. The van der Waals surface area contributed by atoms with Gasteiger partial charge in [-0.1, -0.05) is 22.0 Å². The first-order valence-corrected chi connectivity index (χ1v) is 10.3. The van der Waals surface area contributed by atoms with Gasteiger partial charge in [0.1, 0.15) is 28.6 Å². The Labute approximate surface area is 186 Å². The summed E-state index contributed by atoms with van der Waals surface area (Å²) in [6.45, 7) is 1.58. The molecule has 0 saturated carbocycles. The van der Waals surface area contributed by atoms with E-state index in [9.17, 15) is 14.9 Å². The summed E-state index contributed by atoms with van der Waals surface area (Å²) in [5.74, 6) is 0.0158. The first-order chi connectivity index (χ1) is 15.1. The molecule has 1 fully saturated rings. The Morgan fingerprint density at radius 2 is 1.94 bits per heavy atom. The standard InChI is InChI=1S/C22H17BrN4O4/c23-16-4-6-17(7-5-16)31-20-18(22(29)27-8-2-1-3-19(27)25-20)13-15(14-24)21(28)26-9-11-30-12-10-26/h1-8,13H,9-12H2/b15-13+. The molecular formula is C22H17BrN4O4. The number of aromatic nitrogens is 2. The number of benzene rings is 1. The minimum atomic E-state index is -0.460. The molecule has 156 valence electrons. The fourth-order valence-electron chi connectivity index (χ4n) is 3.12. The number of amides is 1. The summed E-state index contributed by atoms with van der Waals surface area (Å²) in [6.07, 6.45) is 2.82. The van der Waals surface area contributed by atoms with Crippen molar-refractivity contribution in [2.24, 2.45) is 0 Å². The number of hydrogen-bond donors (Lipinski definition) is 0. The zero-order chi connectivity index (χ0) is 21.8. The van der Waals surface area contributed by atoms with Crippen LogP contribution in [-0.2, 0) is 9.53 Å². The highest BCUT2D eigenvalue weighted by Crippen LogP contribution is 2.25. The zero-order valence-electron chi connectivity index (χ0n) is 16.3. The van der Waals surface area contributed by atoms with Gasteiger partial charge in [-0.3, -0.25) is 14.0 Å². The molecule has 0 atom stereocenters. The predicted octanol–water partition coefficient (Wildman–Crippen LogP) is 3.02. The van der Waals surface area contributed by atoms with Crippen molar-refractivity contribution in [3.63, 3.8) is 0 Å². The van der Waals surface area contributed by atoms with Gasteiger partial charge >= 0.3 is 0 Å². The minimum Gasteiger partial charge on any atom is -0.438 e. The molecule has 9 heteroatoms. The molecule has 0 bridgehead atoms. The maximum atomic E-state index is 13.2. The largest absolute Gasteiger partial charge is 0.438 e. The fraction of sp³-hybridized carbons (Fsp3) is 0.182. The number of nitrogens with zero attached hydrogens (tertiary/aromatic N) is 4. The third kappa shape index (κ3) is 4.50. The van der Waals surface area contributed by atoms with Gasteiger partial charge in [-0.25, -0.2) is 0 Å². The lowest BCUT2D eigenvalue weighted by atomic mass is 10.1. The van der Waals surface area contributed by atoms with Crippen LogP contribution in [0.3, 0.4) is 0 Å². The van der Waals surface area contributed by atoms with Crippen molar-refractivity contribution in [2.45, 2.75) is 0 Å². The second-order valence-electron chi connectivity index (χ2n) is 6.69. The van der Waals surface area contributed by atoms with Crippen LogP contribution in [0, 0.1) is 11.3 Å². The molecule has 31 heavy (non-hydrogen) atoms. The highest BCUT2D eigenvalue weighted by molar-refractivity contribution is 9.10. The van der Waals surface area contributed by atoms with Crippen LogP contribution < -0.4 is 10.3 Å². The van der Waals surface area contributed by atoms with Gasteiger partial charge in [0.15, 0.2) is 0 Å². The number of nitriles is 1. The number of ether oxygens (including phenoxy) is 2. The first-order valence-electron chi connectivity index (χ1n) is 9.50. The van der Waals surface area contributed by atoms with Crippen molar-refractivity contribution in [1.29, 1.82) is 5.26 Å². The summed E-state index contributed by atoms with van der Waals surface area (Å²) in [6, 6.07) is 14.1. The zero-order valence-corrected chi connectivity index (χ0v) is 17.9. The molecule has 0 radical (unpaired) electrons. The molecule has 0 unspecified atom stereocenters. The minimum absolute atomic E-state index is 0.0149. The van der Waals surface area contributed by atoms with E-state index in [1.54, 1.807) is 48.7 Å². The van der Waals surface area contributed by atoms with Gasteiger partial charge in [-0.15, -0.1) is 0 Å². The average Bonchev–Trinajstić information content (AvgIpc) is 2.81. The van der Waals surface area contributed by atoms with Crippen LogP contribution in [-0.4, -0.2) is 46.5 Å².